The van der Waals surface area contributed by atoms with Crippen molar-refractivity contribution in [1.82, 2.24) is 0 Å². The highest BCUT2D eigenvalue weighted by Crippen LogP contribution is 2.10. The molecule has 0 aliphatic rings. The van der Waals surface area contributed by atoms with Crippen LogP contribution in [-0.2, 0) is 14.6 Å². The summed E-state index contributed by atoms with van der Waals surface area (Å²) in [7, 11) is -3.43. The molecule has 16 heavy (non-hydrogen) atoms. The molecule has 4 nitrogen and oxygen atoms in total. The first-order valence-corrected chi connectivity index (χ1v) is 6.26. The van der Waals surface area contributed by atoms with Crippen molar-refractivity contribution in [3.8, 4) is 0 Å². The van der Waals surface area contributed by atoms with E-state index in [2.05, 4.69) is 0 Å². The van der Waals surface area contributed by atoms with E-state index < -0.39 is 15.8 Å². The van der Waals surface area contributed by atoms with Gasteiger partial charge in [0.25, 0.3) is 0 Å². The van der Waals surface area contributed by atoms with Gasteiger partial charge in [-0.05, 0) is 19.1 Å². The van der Waals surface area contributed by atoms with Crippen molar-refractivity contribution in [2.24, 2.45) is 0 Å². The summed E-state index contributed by atoms with van der Waals surface area (Å²) in [5, 5.41) is 8.59. The second-order valence-electron chi connectivity index (χ2n) is 3.29. The molecular formula is C11H12O4S. The zero-order valence-electron chi connectivity index (χ0n) is 8.75. The summed E-state index contributed by atoms with van der Waals surface area (Å²) in [4.78, 5) is 10.7. The van der Waals surface area contributed by atoms with Crippen molar-refractivity contribution in [3.63, 3.8) is 0 Å². The van der Waals surface area contributed by atoms with E-state index in [0.29, 0.717) is 0 Å². The number of carboxylic acids is 1. The monoisotopic (exact) mass is 240 g/mol. The van der Waals surface area contributed by atoms with Gasteiger partial charge >= 0.3 is 5.97 Å². The van der Waals surface area contributed by atoms with Gasteiger partial charge in [-0.25, -0.2) is 13.2 Å². The fourth-order valence-corrected chi connectivity index (χ4v) is 2.28. The van der Waals surface area contributed by atoms with Crippen LogP contribution in [0.1, 0.15) is 6.92 Å². The predicted molar refractivity (Wildman–Crippen MR) is 59.9 cm³/mol. The maximum atomic E-state index is 11.7. The highest BCUT2D eigenvalue weighted by atomic mass is 32.2. The minimum Gasteiger partial charge on any atom is -0.478 e. The molecule has 5 heteroatoms. The first kappa shape index (κ1) is 12.4. The van der Waals surface area contributed by atoms with E-state index in [0.717, 1.165) is 0 Å². The van der Waals surface area contributed by atoms with Gasteiger partial charge in [-0.2, -0.15) is 0 Å². The molecule has 1 N–H and O–H groups in total. The fraction of sp³-hybridized carbons (Fsp3) is 0.182. The fourth-order valence-electron chi connectivity index (χ4n) is 1.05. The Kier molecular flexibility index (Phi) is 3.84. The Labute approximate surface area is 94.1 Å². The number of carbonyl (C=O) groups is 1. The zero-order valence-corrected chi connectivity index (χ0v) is 9.57. The number of hydrogen-bond acceptors (Lipinski definition) is 3. The zero-order chi connectivity index (χ0) is 12.2. The highest BCUT2D eigenvalue weighted by molar-refractivity contribution is 7.91. The average molecular weight is 240 g/mol. The van der Waals surface area contributed by atoms with E-state index >= 15 is 0 Å². The van der Waals surface area contributed by atoms with Gasteiger partial charge in [-0.15, -0.1) is 0 Å². The Morgan fingerprint density at radius 2 is 1.88 bits per heavy atom. The van der Waals surface area contributed by atoms with Gasteiger partial charge in [0.15, 0.2) is 9.84 Å². The number of benzene rings is 1. The standard InChI is InChI=1S/C11H12O4S/c1-9(11(12)13)7-8-16(14,15)10-5-3-2-4-6-10/h2-7H,8H2,1H3,(H,12,13)/b9-7+. The summed E-state index contributed by atoms with van der Waals surface area (Å²) in [5.74, 6) is -1.40. The quantitative estimate of drug-likeness (QED) is 0.809. The van der Waals surface area contributed by atoms with Crippen LogP contribution in [0, 0.1) is 0 Å². The average Bonchev–Trinajstić information content (AvgIpc) is 2.27. The lowest BCUT2D eigenvalue weighted by Gasteiger charge is -2.00. The third kappa shape index (κ3) is 3.20. The van der Waals surface area contributed by atoms with Crippen LogP contribution in [0.25, 0.3) is 0 Å². The highest BCUT2D eigenvalue weighted by Gasteiger charge is 2.12. The van der Waals surface area contributed by atoms with Crippen LogP contribution in [0.5, 0.6) is 0 Å². The molecule has 0 atom stereocenters. The Morgan fingerprint density at radius 3 is 2.38 bits per heavy atom. The van der Waals surface area contributed by atoms with Crippen molar-refractivity contribution in [2.75, 3.05) is 5.75 Å². The van der Waals surface area contributed by atoms with Crippen LogP contribution in [0.2, 0.25) is 0 Å². The lowest BCUT2D eigenvalue weighted by molar-refractivity contribution is -0.132. The largest absolute Gasteiger partial charge is 0.478 e. The number of hydrogen-bond donors (Lipinski definition) is 1. The minimum atomic E-state index is -3.43. The molecule has 0 heterocycles. The van der Waals surface area contributed by atoms with Crippen molar-refractivity contribution in [3.05, 3.63) is 42.0 Å². The molecule has 0 aliphatic carbocycles. The molecule has 0 unspecified atom stereocenters. The van der Waals surface area contributed by atoms with E-state index in [1.54, 1.807) is 18.2 Å². The molecule has 0 fully saturated rings. The van der Waals surface area contributed by atoms with Crippen LogP contribution in [0.3, 0.4) is 0 Å². The molecule has 0 aromatic heterocycles. The van der Waals surface area contributed by atoms with Crippen LogP contribution >= 0.6 is 0 Å². The molecule has 0 spiro atoms. The lowest BCUT2D eigenvalue weighted by Crippen LogP contribution is -2.06. The molecule has 1 rings (SSSR count). The van der Waals surface area contributed by atoms with Crippen molar-refractivity contribution >= 4 is 15.8 Å². The van der Waals surface area contributed by atoms with Gasteiger partial charge in [-0.3, -0.25) is 0 Å². The maximum absolute atomic E-state index is 11.7. The summed E-state index contributed by atoms with van der Waals surface area (Å²) in [5.41, 5.74) is 0.0273. The van der Waals surface area contributed by atoms with Gasteiger partial charge in [0.1, 0.15) is 0 Å². The summed E-state index contributed by atoms with van der Waals surface area (Å²) >= 11 is 0. The van der Waals surface area contributed by atoms with Crippen LogP contribution in [-0.4, -0.2) is 25.2 Å². The molecule has 86 valence electrons. The third-order valence-electron chi connectivity index (χ3n) is 2.05. The van der Waals surface area contributed by atoms with Gasteiger partial charge in [0, 0.05) is 5.57 Å². The molecule has 0 bridgehead atoms. The van der Waals surface area contributed by atoms with E-state index in [1.165, 1.54) is 25.1 Å². The SMILES string of the molecule is C/C(=C\CS(=O)(=O)c1ccccc1)C(=O)O. The van der Waals surface area contributed by atoms with Gasteiger partial charge < -0.3 is 5.11 Å². The number of aliphatic carboxylic acids is 1. The van der Waals surface area contributed by atoms with Gasteiger partial charge in [0.2, 0.25) is 0 Å². The normalized spacial score (nSPS) is 12.4. The first-order chi connectivity index (χ1) is 7.43. The van der Waals surface area contributed by atoms with Gasteiger partial charge in [-0.1, -0.05) is 24.3 Å². The summed E-state index contributed by atoms with van der Waals surface area (Å²) in [6.07, 6.45) is 1.20. The molecule has 1 aromatic rings. The number of carboxylic acid groups (broad SMARTS) is 1. The van der Waals surface area contributed by atoms with Crippen molar-refractivity contribution in [2.45, 2.75) is 11.8 Å². The Morgan fingerprint density at radius 1 is 1.31 bits per heavy atom. The first-order valence-electron chi connectivity index (χ1n) is 4.61. The van der Waals surface area contributed by atoms with E-state index in [-0.39, 0.29) is 16.2 Å². The Balaban J connectivity index is 2.90. The molecule has 0 radical (unpaired) electrons. The molecule has 1 aromatic carbocycles. The predicted octanol–water partition coefficient (Wildman–Crippen LogP) is 1.49. The topological polar surface area (TPSA) is 71.4 Å². The van der Waals surface area contributed by atoms with Crippen LogP contribution in [0.15, 0.2) is 46.9 Å². The van der Waals surface area contributed by atoms with E-state index in [4.69, 9.17) is 5.11 Å². The molecule has 0 saturated carbocycles. The smallest absolute Gasteiger partial charge is 0.330 e. The molecular weight excluding hydrogens is 228 g/mol. The van der Waals surface area contributed by atoms with E-state index in [9.17, 15) is 13.2 Å². The molecule has 0 saturated heterocycles. The van der Waals surface area contributed by atoms with Crippen LogP contribution in [0.4, 0.5) is 0 Å². The van der Waals surface area contributed by atoms with Crippen molar-refractivity contribution < 1.29 is 18.3 Å². The number of sulfone groups is 1. The molecule has 0 amide bonds. The second kappa shape index (κ2) is 4.94. The van der Waals surface area contributed by atoms with Crippen LogP contribution < -0.4 is 0 Å². The Hall–Kier alpha value is -1.62. The number of rotatable bonds is 4. The third-order valence-corrected chi connectivity index (χ3v) is 3.64. The van der Waals surface area contributed by atoms with Crippen molar-refractivity contribution in [1.29, 1.82) is 0 Å². The summed E-state index contributed by atoms with van der Waals surface area (Å²) in [6, 6.07) is 7.94. The minimum absolute atomic E-state index is 0.0273. The van der Waals surface area contributed by atoms with E-state index in [1.807, 2.05) is 0 Å². The van der Waals surface area contributed by atoms with Gasteiger partial charge in [0.05, 0.1) is 10.6 Å². The second-order valence-corrected chi connectivity index (χ2v) is 5.32. The maximum Gasteiger partial charge on any atom is 0.330 e. The summed E-state index contributed by atoms with van der Waals surface area (Å²) in [6.45, 7) is 1.36. The summed E-state index contributed by atoms with van der Waals surface area (Å²) < 4.78 is 23.4. The lowest BCUT2D eigenvalue weighted by atomic mass is 10.3. The Bertz CT molecular complexity index is 500. The molecule has 0 aliphatic heterocycles.